The highest BCUT2D eigenvalue weighted by atomic mass is 79.9. The molecule has 1 N–H and O–H groups in total. The van der Waals surface area contributed by atoms with Crippen LogP contribution >= 0.6 is 15.9 Å². The van der Waals surface area contributed by atoms with Crippen molar-refractivity contribution in [3.63, 3.8) is 0 Å². The van der Waals surface area contributed by atoms with Crippen LogP contribution in [0, 0.1) is 10.1 Å². The molecule has 0 aliphatic heterocycles. The lowest BCUT2D eigenvalue weighted by Gasteiger charge is -2.08. The normalized spacial score (nSPS) is 11.6. The third-order valence-electron chi connectivity index (χ3n) is 2.62. The van der Waals surface area contributed by atoms with Gasteiger partial charge < -0.3 is 5.32 Å². The van der Waals surface area contributed by atoms with Crippen LogP contribution in [0.3, 0.4) is 0 Å². The molecular weight excluding hydrogens is 341 g/mol. The van der Waals surface area contributed by atoms with Gasteiger partial charge in [-0.05, 0) is 31.5 Å². The number of nitrogens with zero attached hydrogens (tertiary/aromatic N) is 1. The molecule has 4 nitrogen and oxygen atoms in total. The summed E-state index contributed by atoms with van der Waals surface area (Å²) in [6, 6.07) is 4.59. The van der Waals surface area contributed by atoms with Crippen LogP contribution in [-0.4, -0.2) is 17.6 Å². The third kappa shape index (κ3) is 6.33. The third-order valence-corrected chi connectivity index (χ3v) is 3.11. The number of nitro benzene ring substituents is 1. The zero-order valence-electron chi connectivity index (χ0n) is 10.5. The molecule has 0 amide bonds. The van der Waals surface area contributed by atoms with Crippen molar-refractivity contribution in [2.75, 3.05) is 6.54 Å². The molecule has 0 spiro atoms. The number of halogens is 4. The minimum absolute atomic E-state index is 0.00371. The Kier molecular flexibility index (Phi) is 6.41. The van der Waals surface area contributed by atoms with Gasteiger partial charge in [0.1, 0.15) is 0 Å². The zero-order chi connectivity index (χ0) is 15.2. The van der Waals surface area contributed by atoms with Crippen LogP contribution in [0.2, 0.25) is 0 Å². The Hall–Kier alpha value is -1.15. The fourth-order valence-corrected chi connectivity index (χ4v) is 2.08. The van der Waals surface area contributed by atoms with Gasteiger partial charge >= 0.3 is 6.18 Å². The molecule has 0 aromatic heterocycles. The monoisotopic (exact) mass is 354 g/mol. The second-order valence-corrected chi connectivity index (χ2v) is 5.19. The van der Waals surface area contributed by atoms with E-state index in [2.05, 4.69) is 21.2 Å². The van der Waals surface area contributed by atoms with Gasteiger partial charge in [0, 0.05) is 29.1 Å². The van der Waals surface area contributed by atoms with E-state index >= 15 is 0 Å². The van der Waals surface area contributed by atoms with E-state index in [-0.39, 0.29) is 18.7 Å². The lowest BCUT2D eigenvalue weighted by atomic mass is 10.1. The number of alkyl halides is 3. The maximum absolute atomic E-state index is 11.9. The molecule has 1 aromatic carbocycles. The maximum Gasteiger partial charge on any atom is 0.389 e. The summed E-state index contributed by atoms with van der Waals surface area (Å²) >= 11 is 3.23. The summed E-state index contributed by atoms with van der Waals surface area (Å²) in [7, 11) is 0. The molecule has 0 saturated carbocycles. The SMILES string of the molecule is O=[N+]([O-])c1ccc(Br)cc1CNCCCCC(F)(F)F. The molecule has 0 bridgehead atoms. The highest BCUT2D eigenvalue weighted by Gasteiger charge is 2.25. The standard InChI is InChI=1S/C12H14BrF3N2O2/c13-10-3-4-11(18(19)20)9(7-10)8-17-6-2-1-5-12(14,15)16/h3-4,7,17H,1-2,5-6,8H2. The molecule has 0 atom stereocenters. The van der Waals surface area contributed by atoms with E-state index < -0.39 is 17.5 Å². The van der Waals surface area contributed by atoms with Crippen LogP contribution in [0.25, 0.3) is 0 Å². The number of hydrogen-bond acceptors (Lipinski definition) is 3. The van der Waals surface area contributed by atoms with Crippen molar-refractivity contribution in [1.82, 2.24) is 5.32 Å². The van der Waals surface area contributed by atoms with E-state index in [0.29, 0.717) is 18.5 Å². The van der Waals surface area contributed by atoms with Gasteiger partial charge in [-0.15, -0.1) is 0 Å². The van der Waals surface area contributed by atoms with E-state index in [1.165, 1.54) is 6.07 Å². The van der Waals surface area contributed by atoms with Gasteiger partial charge in [0.2, 0.25) is 0 Å². The number of unbranched alkanes of at least 4 members (excludes halogenated alkanes) is 1. The van der Waals surface area contributed by atoms with Gasteiger partial charge in [-0.3, -0.25) is 10.1 Å². The fraction of sp³-hybridized carbons (Fsp3) is 0.500. The molecule has 0 unspecified atom stereocenters. The highest BCUT2D eigenvalue weighted by molar-refractivity contribution is 9.10. The Morgan fingerprint density at radius 3 is 2.60 bits per heavy atom. The average Bonchev–Trinajstić information content (AvgIpc) is 2.32. The lowest BCUT2D eigenvalue weighted by Crippen LogP contribution is -2.16. The van der Waals surface area contributed by atoms with Crippen LogP contribution in [0.1, 0.15) is 24.8 Å². The minimum Gasteiger partial charge on any atom is -0.312 e. The van der Waals surface area contributed by atoms with Gasteiger partial charge in [0.15, 0.2) is 0 Å². The molecule has 0 heterocycles. The molecule has 0 saturated heterocycles. The van der Waals surface area contributed by atoms with Gasteiger partial charge in [-0.25, -0.2) is 0 Å². The van der Waals surface area contributed by atoms with Gasteiger partial charge in [-0.1, -0.05) is 15.9 Å². The first-order chi connectivity index (χ1) is 9.29. The second-order valence-electron chi connectivity index (χ2n) is 4.28. The Morgan fingerprint density at radius 2 is 2.00 bits per heavy atom. The van der Waals surface area contributed by atoms with E-state index in [1.54, 1.807) is 12.1 Å². The van der Waals surface area contributed by atoms with Crippen LogP contribution in [0.5, 0.6) is 0 Å². The van der Waals surface area contributed by atoms with Crippen molar-refractivity contribution in [3.05, 3.63) is 38.3 Å². The van der Waals surface area contributed by atoms with Gasteiger partial charge in [0.25, 0.3) is 5.69 Å². The minimum atomic E-state index is -4.12. The van der Waals surface area contributed by atoms with E-state index in [9.17, 15) is 23.3 Å². The molecule has 0 aliphatic rings. The zero-order valence-corrected chi connectivity index (χ0v) is 12.1. The topological polar surface area (TPSA) is 55.2 Å². The number of hydrogen-bond donors (Lipinski definition) is 1. The van der Waals surface area contributed by atoms with Crippen LogP contribution in [0.15, 0.2) is 22.7 Å². The summed E-state index contributed by atoms with van der Waals surface area (Å²) in [6.07, 6.45) is -4.49. The number of nitrogens with one attached hydrogen (secondary N) is 1. The van der Waals surface area contributed by atoms with Crippen molar-refractivity contribution in [2.24, 2.45) is 0 Å². The Morgan fingerprint density at radius 1 is 1.30 bits per heavy atom. The highest BCUT2D eigenvalue weighted by Crippen LogP contribution is 2.23. The van der Waals surface area contributed by atoms with Crippen molar-refractivity contribution in [1.29, 1.82) is 0 Å². The number of benzene rings is 1. The van der Waals surface area contributed by atoms with Crippen molar-refractivity contribution in [2.45, 2.75) is 32.0 Å². The van der Waals surface area contributed by atoms with Crippen LogP contribution in [-0.2, 0) is 6.54 Å². The van der Waals surface area contributed by atoms with Crippen molar-refractivity contribution >= 4 is 21.6 Å². The summed E-state index contributed by atoms with van der Waals surface area (Å²) in [5.41, 5.74) is 0.496. The first kappa shape index (κ1) is 16.9. The largest absolute Gasteiger partial charge is 0.389 e. The molecule has 1 aromatic rings. The molecular formula is C12H14BrF3N2O2. The van der Waals surface area contributed by atoms with E-state index in [1.807, 2.05) is 0 Å². The lowest BCUT2D eigenvalue weighted by molar-refractivity contribution is -0.385. The summed E-state index contributed by atoms with van der Waals surface area (Å²) in [6.45, 7) is 0.640. The Bertz CT molecular complexity index is 467. The Labute approximate surface area is 122 Å². The predicted octanol–water partition coefficient (Wildman–Crippen LogP) is 4.18. The summed E-state index contributed by atoms with van der Waals surface area (Å²) in [4.78, 5) is 10.3. The number of nitro groups is 1. The maximum atomic E-state index is 11.9. The predicted molar refractivity (Wildman–Crippen MR) is 72.4 cm³/mol. The summed E-state index contributed by atoms with van der Waals surface area (Å²) in [5.74, 6) is 0. The summed E-state index contributed by atoms with van der Waals surface area (Å²) < 4.78 is 36.5. The first-order valence-corrected chi connectivity index (χ1v) is 6.79. The van der Waals surface area contributed by atoms with Gasteiger partial charge in [-0.2, -0.15) is 13.2 Å². The second kappa shape index (κ2) is 7.58. The van der Waals surface area contributed by atoms with E-state index in [4.69, 9.17) is 0 Å². The molecule has 112 valence electrons. The van der Waals surface area contributed by atoms with Crippen molar-refractivity contribution in [3.8, 4) is 0 Å². The first-order valence-electron chi connectivity index (χ1n) is 6.00. The molecule has 1 rings (SSSR count). The fourth-order valence-electron chi connectivity index (χ4n) is 1.67. The number of rotatable bonds is 7. The van der Waals surface area contributed by atoms with E-state index in [0.717, 1.165) is 4.47 Å². The summed E-state index contributed by atoms with van der Waals surface area (Å²) in [5, 5.41) is 13.7. The molecule has 0 radical (unpaired) electrons. The molecule has 8 heteroatoms. The van der Waals surface area contributed by atoms with Crippen LogP contribution in [0.4, 0.5) is 18.9 Å². The van der Waals surface area contributed by atoms with Crippen molar-refractivity contribution < 1.29 is 18.1 Å². The van der Waals surface area contributed by atoms with Crippen LogP contribution < -0.4 is 5.32 Å². The Balaban J connectivity index is 2.38. The smallest absolute Gasteiger partial charge is 0.312 e. The van der Waals surface area contributed by atoms with Gasteiger partial charge in [0.05, 0.1) is 4.92 Å². The molecule has 0 fully saturated rings. The quantitative estimate of drug-likeness (QED) is 0.454. The molecule has 20 heavy (non-hydrogen) atoms. The average molecular weight is 355 g/mol. The molecule has 0 aliphatic carbocycles.